The molecule has 0 unspecified atom stereocenters. The minimum absolute atomic E-state index is 0.0799. The van der Waals surface area contributed by atoms with Crippen molar-refractivity contribution in [1.82, 2.24) is 24.9 Å². The SMILES string of the molecule is CNC(=O)c1nn(C)cc1NC(=O)c1cnn(CC(=O)O)c1. The van der Waals surface area contributed by atoms with Gasteiger partial charge in [-0.2, -0.15) is 10.2 Å². The standard InChI is InChI=1S/C12H14N6O4/c1-13-12(22)10-8(5-17(2)16-10)15-11(21)7-3-14-18(4-7)6-9(19)20/h3-5H,6H2,1-2H3,(H,13,22)(H,15,21)(H,19,20). The van der Waals surface area contributed by atoms with Crippen molar-refractivity contribution in [1.29, 1.82) is 0 Å². The van der Waals surface area contributed by atoms with Crippen molar-refractivity contribution in [3.05, 3.63) is 29.8 Å². The zero-order chi connectivity index (χ0) is 16.3. The lowest BCUT2D eigenvalue weighted by molar-refractivity contribution is -0.137. The van der Waals surface area contributed by atoms with Gasteiger partial charge in [0.2, 0.25) is 0 Å². The van der Waals surface area contributed by atoms with Gasteiger partial charge in [0.1, 0.15) is 6.54 Å². The molecule has 0 spiro atoms. The number of anilines is 1. The van der Waals surface area contributed by atoms with Gasteiger partial charge in [-0.15, -0.1) is 0 Å². The van der Waals surface area contributed by atoms with E-state index >= 15 is 0 Å². The second-order valence-electron chi connectivity index (χ2n) is 4.42. The Hall–Kier alpha value is -3.17. The Morgan fingerprint density at radius 1 is 1.27 bits per heavy atom. The van der Waals surface area contributed by atoms with Gasteiger partial charge in [0.15, 0.2) is 5.69 Å². The fourth-order valence-corrected chi connectivity index (χ4v) is 1.77. The van der Waals surface area contributed by atoms with Gasteiger partial charge in [0.25, 0.3) is 11.8 Å². The number of carboxylic acid groups (broad SMARTS) is 1. The Kier molecular flexibility index (Phi) is 4.20. The molecule has 2 aromatic rings. The zero-order valence-electron chi connectivity index (χ0n) is 11.9. The van der Waals surface area contributed by atoms with Crippen LogP contribution in [0.4, 0.5) is 5.69 Å². The molecule has 10 nitrogen and oxygen atoms in total. The van der Waals surface area contributed by atoms with Gasteiger partial charge in [-0.05, 0) is 0 Å². The molecule has 2 amide bonds. The van der Waals surface area contributed by atoms with Crippen molar-refractivity contribution in [3.8, 4) is 0 Å². The summed E-state index contributed by atoms with van der Waals surface area (Å²) in [5, 5.41) is 21.4. The maximum atomic E-state index is 12.1. The van der Waals surface area contributed by atoms with Crippen LogP contribution in [0.25, 0.3) is 0 Å². The molecule has 116 valence electrons. The first-order chi connectivity index (χ1) is 10.4. The molecule has 2 aromatic heterocycles. The van der Waals surface area contributed by atoms with E-state index in [9.17, 15) is 14.4 Å². The topological polar surface area (TPSA) is 131 Å². The van der Waals surface area contributed by atoms with Crippen molar-refractivity contribution in [2.75, 3.05) is 12.4 Å². The average Bonchev–Trinajstić information content (AvgIpc) is 3.04. The molecule has 0 aliphatic carbocycles. The minimum atomic E-state index is -1.07. The molecule has 0 aromatic carbocycles. The number of aryl methyl sites for hydroxylation is 1. The largest absolute Gasteiger partial charge is 0.480 e. The number of aromatic nitrogens is 4. The van der Waals surface area contributed by atoms with E-state index in [0.717, 1.165) is 4.68 Å². The van der Waals surface area contributed by atoms with Crippen LogP contribution in [-0.4, -0.2) is 49.5 Å². The molecule has 0 bridgehead atoms. The van der Waals surface area contributed by atoms with E-state index in [-0.39, 0.29) is 23.5 Å². The van der Waals surface area contributed by atoms with Gasteiger partial charge in [-0.1, -0.05) is 0 Å². The maximum absolute atomic E-state index is 12.1. The Balaban J connectivity index is 2.17. The molecule has 0 aliphatic heterocycles. The van der Waals surface area contributed by atoms with Crippen LogP contribution < -0.4 is 10.6 Å². The molecule has 2 rings (SSSR count). The number of carboxylic acids is 1. The van der Waals surface area contributed by atoms with Gasteiger partial charge in [0.05, 0.1) is 17.4 Å². The summed E-state index contributed by atoms with van der Waals surface area (Å²) in [6.45, 7) is -0.344. The smallest absolute Gasteiger partial charge is 0.325 e. The van der Waals surface area contributed by atoms with Crippen LogP contribution in [0.3, 0.4) is 0 Å². The van der Waals surface area contributed by atoms with E-state index in [1.807, 2.05) is 0 Å². The first-order valence-electron chi connectivity index (χ1n) is 6.22. The van der Waals surface area contributed by atoms with Crippen LogP contribution in [0, 0.1) is 0 Å². The van der Waals surface area contributed by atoms with Crippen LogP contribution in [0.2, 0.25) is 0 Å². The van der Waals surface area contributed by atoms with Crippen LogP contribution in [0.15, 0.2) is 18.6 Å². The number of nitrogens with one attached hydrogen (secondary N) is 2. The lowest BCUT2D eigenvalue weighted by atomic mass is 10.3. The van der Waals surface area contributed by atoms with E-state index in [4.69, 9.17) is 5.11 Å². The Bertz CT molecular complexity index is 732. The lowest BCUT2D eigenvalue weighted by Crippen LogP contribution is -2.21. The highest BCUT2D eigenvalue weighted by atomic mass is 16.4. The summed E-state index contributed by atoms with van der Waals surface area (Å²) in [6, 6.07) is 0. The van der Waals surface area contributed by atoms with E-state index in [1.54, 1.807) is 7.05 Å². The van der Waals surface area contributed by atoms with Crippen LogP contribution in [-0.2, 0) is 18.4 Å². The van der Waals surface area contributed by atoms with E-state index < -0.39 is 17.8 Å². The summed E-state index contributed by atoms with van der Waals surface area (Å²) in [4.78, 5) is 34.4. The van der Waals surface area contributed by atoms with Crippen molar-refractivity contribution < 1.29 is 19.5 Å². The Morgan fingerprint density at radius 3 is 2.64 bits per heavy atom. The molecular formula is C12H14N6O4. The normalized spacial score (nSPS) is 10.3. The summed E-state index contributed by atoms with van der Waals surface area (Å²) in [5.41, 5.74) is 0.502. The van der Waals surface area contributed by atoms with E-state index in [0.29, 0.717) is 0 Å². The number of hydrogen-bond acceptors (Lipinski definition) is 5. The molecule has 0 aliphatic rings. The molecule has 10 heteroatoms. The zero-order valence-corrected chi connectivity index (χ0v) is 11.9. The number of aliphatic carboxylic acids is 1. The molecule has 0 atom stereocenters. The van der Waals surface area contributed by atoms with Gasteiger partial charge >= 0.3 is 5.97 Å². The Morgan fingerprint density at radius 2 is 2.00 bits per heavy atom. The van der Waals surface area contributed by atoms with E-state index in [1.165, 1.54) is 30.3 Å². The molecule has 0 radical (unpaired) electrons. The summed E-state index contributed by atoms with van der Waals surface area (Å²) < 4.78 is 2.52. The average molecular weight is 306 g/mol. The van der Waals surface area contributed by atoms with Crippen LogP contribution >= 0.6 is 0 Å². The Labute approximate surface area is 124 Å². The third kappa shape index (κ3) is 3.29. The summed E-state index contributed by atoms with van der Waals surface area (Å²) in [7, 11) is 3.07. The van der Waals surface area contributed by atoms with Crippen molar-refractivity contribution in [3.63, 3.8) is 0 Å². The van der Waals surface area contributed by atoms with E-state index in [2.05, 4.69) is 20.8 Å². The van der Waals surface area contributed by atoms with Gasteiger partial charge in [-0.3, -0.25) is 23.7 Å². The van der Waals surface area contributed by atoms with Crippen LogP contribution in [0.1, 0.15) is 20.8 Å². The minimum Gasteiger partial charge on any atom is -0.480 e. The molecule has 0 saturated heterocycles. The maximum Gasteiger partial charge on any atom is 0.325 e. The van der Waals surface area contributed by atoms with Gasteiger partial charge < -0.3 is 15.7 Å². The number of carbonyl (C=O) groups excluding carboxylic acids is 2. The molecule has 2 heterocycles. The fraction of sp³-hybridized carbons (Fsp3) is 0.250. The predicted molar refractivity (Wildman–Crippen MR) is 74.4 cm³/mol. The van der Waals surface area contributed by atoms with Gasteiger partial charge in [-0.25, -0.2) is 0 Å². The predicted octanol–water partition coefficient (Wildman–Crippen LogP) is -0.687. The third-order valence-electron chi connectivity index (χ3n) is 2.71. The fourth-order valence-electron chi connectivity index (χ4n) is 1.77. The monoisotopic (exact) mass is 306 g/mol. The molecule has 3 N–H and O–H groups in total. The highest BCUT2D eigenvalue weighted by Gasteiger charge is 2.18. The number of amides is 2. The number of hydrogen-bond donors (Lipinski definition) is 3. The van der Waals surface area contributed by atoms with Crippen molar-refractivity contribution >= 4 is 23.5 Å². The van der Waals surface area contributed by atoms with Gasteiger partial charge in [0, 0.05) is 26.5 Å². The summed E-state index contributed by atoms with van der Waals surface area (Å²) in [5.74, 6) is -2.02. The molecule has 0 saturated carbocycles. The van der Waals surface area contributed by atoms with Crippen LogP contribution in [0.5, 0.6) is 0 Å². The van der Waals surface area contributed by atoms with Crippen molar-refractivity contribution in [2.24, 2.45) is 7.05 Å². The number of carbonyl (C=O) groups is 3. The highest BCUT2D eigenvalue weighted by molar-refractivity contribution is 6.07. The second kappa shape index (κ2) is 6.08. The number of rotatable bonds is 5. The second-order valence-corrected chi connectivity index (χ2v) is 4.42. The number of nitrogens with zero attached hydrogens (tertiary/aromatic N) is 4. The molecular weight excluding hydrogens is 292 g/mol. The first kappa shape index (κ1) is 15.2. The molecule has 0 fully saturated rings. The lowest BCUT2D eigenvalue weighted by Gasteiger charge is -2.02. The van der Waals surface area contributed by atoms with Crippen molar-refractivity contribution in [2.45, 2.75) is 6.54 Å². The third-order valence-corrected chi connectivity index (χ3v) is 2.71. The first-order valence-corrected chi connectivity index (χ1v) is 6.22. The molecule has 22 heavy (non-hydrogen) atoms. The summed E-state index contributed by atoms with van der Waals surface area (Å²) in [6.07, 6.45) is 4.04. The highest BCUT2D eigenvalue weighted by Crippen LogP contribution is 2.14. The summed E-state index contributed by atoms with van der Waals surface area (Å²) >= 11 is 0. The quantitative estimate of drug-likeness (QED) is 0.670.